The molecule has 8 heteroatoms. The molecule has 170 valence electrons. The lowest BCUT2D eigenvalue weighted by Gasteiger charge is -2.41. The molecule has 0 saturated heterocycles. The standard InChI is InChI=1S/C26H21FN4O3/c1-34-21-14-11-19(12-15-21)26(18-7-3-2-4-8-18,22-16-13-20(31(32)33)17-23(22)27)30-25-10-6-5-9-24(25)28-29-30/h2-17,22H,1H3,(H,32,33). The van der Waals surface area contributed by atoms with Gasteiger partial charge in [-0.25, -0.2) is 9.07 Å². The number of fused-ring (bicyclic) bond motifs is 1. The van der Waals surface area contributed by atoms with Gasteiger partial charge in [-0.15, -0.1) is 5.10 Å². The summed E-state index contributed by atoms with van der Waals surface area (Å²) in [6.45, 7) is 0. The molecule has 2 atom stereocenters. The monoisotopic (exact) mass is 456 g/mol. The summed E-state index contributed by atoms with van der Waals surface area (Å²) in [7, 11) is 1.58. The quantitative estimate of drug-likeness (QED) is 0.269. The Bertz CT molecular complexity index is 1420. The number of hydrogen-bond donors (Lipinski definition) is 1. The van der Waals surface area contributed by atoms with Gasteiger partial charge in [0.25, 0.3) is 5.71 Å². The SMILES string of the molecule is COc1ccc(C(c2ccccc2)(C2C=C/C(=[N+](\[O-])O)C=C2F)n2nnc3ccccc32)cc1. The minimum absolute atomic E-state index is 0.200. The zero-order valence-corrected chi connectivity index (χ0v) is 18.2. The Labute approximate surface area is 194 Å². The molecule has 0 aliphatic heterocycles. The second-order valence-corrected chi connectivity index (χ2v) is 7.91. The Morgan fingerprint density at radius 3 is 2.35 bits per heavy atom. The van der Waals surface area contributed by atoms with Crippen LogP contribution in [0.4, 0.5) is 4.39 Å². The van der Waals surface area contributed by atoms with Crippen LogP contribution in [0.3, 0.4) is 0 Å². The van der Waals surface area contributed by atoms with Gasteiger partial charge in [-0.2, -0.15) is 0 Å². The number of methoxy groups -OCH3 is 1. The van der Waals surface area contributed by atoms with Crippen LogP contribution in [0.25, 0.3) is 11.0 Å². The van der Waals surface area contributed by atoms with E-state index in [0.29, 0.717) is 16.8 Å². The van der Waals surface area contributed by atoms with E-state index in [1.54, 1.807) is 17.9 Å². The van der Waals surface area contributed by atoms with Crippen molar-refractivity contribution in [3.63, 3.8) is 0 Å². The van der Waals surface area contributed by atoms with Crippen molar-refractivity contribution in [1.82, 2.24) is 15.0 Å². The summed E-state index contributed by atoms with van der Waals surface area (Å²) >= 11 is 0. The molecule has 2 unspecified atom stereocenters. The van der Waals surface area contributed by atoms with E-state index < -0.39 is 17.3 Å². The molecule has 1 heterocycles. The van der Waals surface area contributed by atoms with Gasteiger partial charge < -0.3 is 9.94 Å². The van der Waals surface area contributed by atoms with Crippen molar-refractivity contribution in [1.29, 1.82) is 0 Å². The van der Waals surface area contributed by atoms with Crippen molar-refractivity contribution < 1.29 is 19.2 Å². The van der Waals surface area contributed by atoms with Gasteiger partial charge in [0.1, 0.15) is 22.6 Å². The Balaban J connectivity index is 1.89. The molecule has 1 aliphatic carbocycles. The van der Waals surface area contributed by atoms with Crippen LogP contribution in [0.1, 0.15) is 11.1 Å². The summed E-state index contributed by atoms with van der Waals surface area (Å²) in [5, 5.41) is 29.6. The van der Waals surface area contributed by atoms with E-state index in [2.05, 4.69) is 10.3 Å². The molecule has 3 aromatic carbocycles. The fraction of sp³-hybridized carbons (Fsp3) is 0.115. The maximum Gasteiger partial charge on any atom is 0.270 e. The van der Waals surface area contributed by atoms with Gasteiger partial charge in [-0.3, -0.25) is 5.21 Å². The Morgan fingerprint density at radius 2 is 1.68 bits per heavy atom. The van der Waals surface area contributed by atoms with Gasteiger partial charge in [-0.05, 0) is 35.4 Å². The van der Waals surface area contributed by atoms with Crippen molar-refractivity contribution in [2.75, 3.05) is 7.11 Å². The maximum absolute atomic E-state index is 15.9. The first kappa shape index (κ1) is 21.4. The number of aromatic nitrogens is 3. The zero-order chi connectivity index (χ0) is 23.7. The highest BCUT2D eigenvalue weighted by Crippen LogP contribution is 2.47. The Morgan fingerprint density at radius 1 is 1.00 bits per heavy atom. The summed E-state index contributed by atoms with van der Waals surface area (Å²) in [4.78, 5) is -0.352. The van der Waals surface area contributed by atoms with Crippen LogP contribution < -0.4 is 4.74 Å². The first-order valence-corrected chi connectivity index (χ1v) is 10.6. The molecule has 1 aromatic heterocycles. The molecule has 0 radical (unpaired) electrons. The summed E-state index contributed by atoms with van der Waals surface area (Å²) < 4.78 is 23.0. The molecular formula is C26H21FN4O3. The number of ether oxygens (including phenoxy) is 1. The fourth-order valence-corrected chi connectivity index (χ4v) is 4.59. The number of para-hydroxylation sites is 1. The van der Waals surface area contributed by atoms with E-state index in [0.717, 1.165) is 17.2 Å². The summed E-state index contributed by atoms with van der Waals surface area (Å²) in [5.74, 6) is -0.856. The van der Waals surface area contributed by atoms with Gasteiger partial charge in [0.15, 0.2) is 0 Å². The molecule has 4 aromatic rings. The van der Waals surface area contributed by atoms with E-state index >= 15 is 4.39 Å². The molecule has 5 rings (SSSR count). The summed E-state index contributed by atoms with van der Waals surface area (Å²) in [6.07, 6.45) is 4.01. The molecule has 7 nitrogen and oxygen atoms in total. The van der Waals surface area contributed by atoms with Crippen LogP contribution in [0.2, 0.25) is 0 Å². The van der Waals surface area contributed by atoms with Crippen molar-refractivity contribution in [2.45, 2.75) is 5.54 Å². The average Bonchev–Trinajstić information content (AvgIpc) is 3.31. The van der Waals surface area contributed by atoms with Gasteiger partial charge in [0.2, 0.25) is 0 Å². The average molecular weight is 456 g/mol. The van der Waals surface area contributed by atoms with Crippen LogP contribution in [-0.4, -0.2) is 37.9 Å². The largest absolute Gasteiger partial charge is 0.497 e. The van der Waals surface area contributed by atoms with Crippen molar-refractivity contribution in [3.05, 3.63) is 119 Å². The summed E-state index contributed by atoms with van der Waals surface area (Å²) in [6, 6.07) is 24.3. The van der Waals surface area contributed by atoms with E-state index in [1.165, 1.54) is 6.08 Å². The highest BCUT2D eigenvalue weighted by molar-refractivity contribution is 6.01. The lowest BCUT2D eigenvalue weighted by Crippen LogP contribution is -2.45. The number of halogens is 1. The third-order valence-corrected chi connectivity index (χ3v) is 6.14. The van der Waals surface area contributed by atoms with Gasteiger partial charge in [0, 0.05) is 17.1 Å². The normalized spacial score (nSPS) is 18.9. The number of allylic oxidation sites excluding steroid dienone is 4. The van der Waals surface area contributed by atoms with E-state index in [9.17, 15) is 10.4 Å². The van der Waals surface area contributed by atoms with Crippen LogP contribution >= 0.6 is 0 Å². The predicted molar refractivity (Wildman–Crippen MR) is 125 cm³/mol. The van der Waals surface area contributed by atoms with Gasteiger partial charge in [-0.1, -0.05) is 65.9 Å². The molecule has 0 spiro atoms. The molecule has 0 amide bonds. The maximum atomic E-state index is 15.9. The van der Waals surface area contributed by atoms with E-state index in [1.807, 2.05) is 78.9 Å². The van der Waals surface area contributed by atoms with Gasteiger partial charge >= 0.3 is 0 Å². The second kappa shape index (κ2) is 8.47. The molecule has 0 bridgehead atoms. The van der Waals surface area contributed by atoms with Crippen LogP contribution in [0, 0.1) is 11.1 Å². The summed E-state index contributed by atoms with van der Waals surface area (Å²) in [5.41, 5.74) is 1.46. The van der Waals surface area contributed by atoms with Crippen molar-refractivity contribution >= 4 is 16.7 Å². The molecule has 1 N–H and O–H groups in total. The first-order chi connectivity index (χ1) is 16.6. The number of hydrogen-bond acceptors (Lipinski definition) is 5. The molecule has 1 aliphatic rings. The zero-order valence-electron chi connectivity index (χ0n) is 18.2. The topological polar surface area (TPSA) is 86.2 Å². The second-order valence-electron chi connectivity index (χ2n) is 7.91. The molecule has 0 saturated carbocycles. The predicted octanol–water partition coefficient (Wildman–Crippen LogP) is 4.61. The molecular weight excluding hydrogens is 435 g/mol. The van der Waals surface area contributed by atoms with Gasteiger partial charge in [0.05, 0.1) is 18.5 Å². The first-order valence-electron chi connectivity index (χ1n) is 10.6. The number of benzene rings is 3. The van der Waals surface area contributed by atoms with Crippen LogP contribution in [-0.2, 0) is 5.54 Å². The smallest absolute Gasteiger partial charge is 0.270 e. The minimum Gasteiger partial charge on any atom is -0.497 e. The lowest BCUT2D eigenvalue weighted by atomic mass is 9.70. The molecule has 34 heavy (non-hydrogen) atoms. The number of rotatable bonds is 5. The number of nitrogens with zero attached hydrogens (tertiary/aromatic N) is 4. The fourth-order valence-electron chi connectivity index (χ4n) is 4.59. The highest BCUT2D eigenvalue weighted by Gasteiger charge is 2.48. The third-order valence-electron chi connectivity index (χ3n) is 6.14. The van der Waals surface area contributed by atoms with Crippen molar-refractivity contribution in [3.8, 4) is 5.75 Å². The van der Waals surface area contributed by atoms with E-state index in [4.69, 9.17) is 4.74 Å². The van der Waals surface area contributed by atoms with Crippen molar-refractivity contribution in [2.24, 2.45) is 5.92 Å². The third kappa shape index (κ3) is 3.31. The minimum atomic E-state index is -1.21. The Hall–Kier alpha value is -4.46. The van der Waals surface area contributed by atoms with E-state index in [-0.39, 0.29) is 10.6 Å². The van der Waals surface area contributed by atoms with Crippen LogP contribution in [0.5, 0.6) is 5.75 Å². The Kier molecular flexibility index (Phi) is 5.33. The highest BCUT2D eigenvalue weighted by atomic mass is 19.1. The van der Waals surface area contributed by atoms with Crippen LogP contribution in [0.15, 0.2) is 103 Å². The molecule has 0 fully saturated rings. The lowest BCUT2D eigenvalue weighted by molar-refractivity contribution is -0.725.